The zero-order valence-corrected chi connectivity index (χ0v) is 15.6. The summed E-state index contributed by atoms with van der Waals surface area (Å²) in [6.45, 7) is 8.60. The van der Waals surface area contributed by atoms with E-state index in [0.29, 0.717) is 6.54 Å². The highest BCUT2D eigenvalue weighted by atomic mass is 16.5. The van der Waals surface area contributed by atoms with Crippen molar-refractivity contribution in [2.75, 3.05) is 13.7 Å². The number of nitrogens with zero attached hydrogens (tertiary/aromatic N) is 2. The number of methoxy groups -OCH3 is 1. The lowest BCUT2D eigenvalue weighted by Gasteiger charge is -2.30. The summed E-state index contributed by atoms with van der Waals surface area (Å²) in [4.78, 5) is 18.8. The van der Waals surface area contributed by atoms with Gasteiger partial charge in [-0.2, -0.15) is 0 Å². The van der Waals surface area contributed by atoms with Gasteiger partial charge in [0.25, 0.3) is 0 Å². The molecule has 1 heterocycles. The van der Waals surface area contributed by atoms with Crippen molar-refractivity contribution in [2.45, 2.75) is 39.8 Å². The van der Waals surface area contributed by atoms with E-state index in [1.165, 1.54) is 0 Å². The van der Waals surface area contributed by atoms with E-state index in [1.807, 2.05) is 58.0 Å². The average molecular weight is 341 g/mol. The number of amides is 2. The lowest BCUT2D eigenvalue weighted by molar-refractivity contribution is 0.179. The van der Waals surface area contributed by atoms with Crippen molar-refractivity contribution in [1.82, 2.24) is 15.2 Å². The number of benzene rings is 1. The molecule has 5 nitrogen and oxygen atoms in total. The van der Waals surface area contributed by atoms with Crippen LogP contribution in [-0.2, 0) is 0 Å². The fraction of sp³-hybridized carbons (Fsp3) is 0.400. The van der Waals surface area contributed by atoms with Gasteiger partial charge in [-0.05, 0) is 45.4 Å². The smallest absolute Gasteiger partial charge is 0.318 e. The van der Waals surface area contributed by atoms with Crippen LogP contribution in [0.5, 0.6) is 5.75 Å². The molecule has 0 aliphatic carbocycles. The van der Waals surface area contributed by atoms with Crippen molar-refractivity contribution in [3.63, 3.8) is 0 Å². The van der Waals surface area contributed by atoms with E-state index in [1.54, 1.807) is 24.4 Å². The molecular weight excluding hydrogens is 314 g/mol. The molecule has 2 rings (SSSR count). The molecule has 0 spiro atoms. The van der Waals surface area contributed by atoms with Gasteiger partial charge in [-0.15, -0.1) is 0 Å². The zero-order chi connectivity index (χ0) is 18.4. The molecule has 25 heavy (non-hydrogen) atoms. The number of carbonyl (C=O) groups excluding carboxylic acids is 1. The molecule has 0 saturated heterocycles. The highest BCUT2D eigenvalue weighted by Crippen LogP contribution is 2.27. The number of aromatic nitrogens is 1. The van der Waals surface area contributed by atoms with Gasteiger partial charge in [0.2, 0.25) is 0 Å². The summed E-state index contributed by atoms with van der Waals surface area (Å²) in [7, 11) is 1.64. The number of hydrogen-bond acceptors (Lipinski definition) is 3. The Morgan fingerprint density at radius 1 is 1.32 bits per heavy atom. The van der Waals surface area contributed by atoms with E-state index in [9.17, 15) is 4.79 Å². The van der Waals surface area contributed by atoms with E-state index in [0.717, 1.165) is 22.4 Å². The second kappa shape index (κ2) is 8.51. The maximum absolute atomic E-state index is 12.8. The van der Waals surface area contributed by atoms with Crippen molar-refractivity contribution in [3.05, 3.63) is 59.4 Å². The molecule has 0 aliphatic heterocycles. The molecule has 1 aromatic carbocycles. The van der Waals surface area contributed by atoms with Gasteiger partial charge < -0.3 is 15.0 Å². The van der Waals surface area contributed by atoms with Crippen LogP contribution in [0.25, 0.3) is 0 Å². The number of ether oxygens (including phenoxy) is 1. The van der Waals surface area contributed by atoms with Crippen molar-refractivity contribution >= 4 is 6.03 Å². The molecule has 2 amide bonds. The van der Waals surface area contributed by atoms with Crippen LogP contribution in [0.1, 0.15) is 49.5 Å². The molecule has 0 bridgehead atoms. The Kier molecular flexibility index (Phi) is 6.39. The minimum absolute atomic E-state index is 0.0506. The van der Waals surface area contributed by atoms with Crippen LogP contribution in [0.15, 0.2) is 42.7 Å². The van der Waals surface area contributed by atoms with E-state index >= 15 is 0 Å². The van der Waals surface area contributed by atoms with Crippen LogP contribution in [0.4, 0.5) is 4.79 Å². The number of aryl methyl sites for hydroxylation is 1. The van der Waals surface area contributed by atoms with E-state index in [2.05, 4.69) is 10.3 Å². The third-order valence-corrected chi connectivity index (χ3v) is 4.43. The van der Waals surface area contributed by atoms with Gasteiger partial charge in [0, 0.05) is 24.5 Å². The Morgan fingerprint density at radius 3 is 2.68 bits per heavy atom. The molecule has 5 heteroatoms. The van der Waals surface area contributed by atoms with Crippen LogP contribution >= 0.6 is 0 Å². The first-order valence-electron chi connectivity index (χ1n) is 8.59. The molecule has 0 saturated carbocycles. The Balaban J connectivity index is 2.15. The molecule has 2 aromatic rings. The number of rotatable bonds is 6. The minimum Gasteiger partial charge on any atom is -0.496 e. The fourth-order valence-electron chi connectivity index (χ4n) is 2.93. The number of hydrogen-bond donors (Lipinski definition) is 1. The van der Waals surface area contributed by atoms with E-state index in [4.69, 9.17) is 4.74 Å². The normalized spacial score (nSPS) is 13.0. The van der Waals surface area contributed by atoms with Gasteiger partial charge in [-0.3, -0.25) is 4.98 Å². The third-order valence-electron chi connectivity index (χ3n) is 4.43. The number of pyridine rings is 1. The van der Waals surface area contributed by atoms with Crippen LogP contribution in [0, 0.1) is 6.92 Å². The maximum Gasteiger partial charge on any atom is 0.318 e. The molecule has 2 atom stereocenters. The fourth-order valence-corrected chi connectivity index (χ4v) is 2.93. The summed E-state index contributed by atoms with van der Waals surface area (Å²) in [5, 5.41) is 3.09. The van der Waals surface area contributed by atoms with Crippen LogP contribution < -0.4 is 10.1 Å². The standard InChI is InChI=1S/C20H27N3O2/c1-6-23(16(4)17-8-7-11-21-13-17)20(24)22-15(3)18-12-14(2)9-10-19(18)25-5/h7-13,15-16H,6H2,1-5H3,(H,22,24). The first kappa shape index (κ1) is 18.8. The Morgan fingerprint density at radius 2 is 2.08 bits per heavy atom. The Labute approximate surface area is 150 Å². The van der Waals surface area contributed by atoms with Gasteiger partial charge in [-0.1, -0.05) is 23.8 Å². The lowest BCUT2D eigenvalue weighted by Crippen LogP contribution is -2.42. The largest absolute Gasteiger partial charge is 0.496 e. The summed E-state index contributed by atoms with van der Waals surface area (Å²) >= 11 is 0. The van der Waals surface area contributed by atoms with E-state index < -0.39 is 0 Å². The number of urea groups is 1. The van der Waals surface area contributed by atoms with Crippen molar-refractivity contribution in [3.8, 4) is 5.75 Å². The summed E-state index contributed by atoms with van der Waals surface area (Å²) in [6.07, 6.45) is 3.53. The monoisotopic (exact) mass is 341 g/mol. The van der Waals surface area contributed by atoms with Gasteiger partial charge >= 0.3 is 6.03 Å². The predicted octanol–water partition coefficient (Wildman–Crippen LogP) is 4.25. The third kappa shape index (κ3) is 4.50. The summed E-state index contributed by atoms with van der Waals surface area (Å²) in [6, 6.07) is 9.55. The minimum atomic E-state index is -0.155. The highest BCUT2D eigenvalue weighted by Gasteiger charge is 2.22. The predicted molar refractivity (Wildman–Crippen MR) is 99.7 cm³/mol. The zero-order valence-electron chi connectivity index (χ0n) is 15.6. The van der Waals surface area contributed by atoms with Gasteiger partial charge in [0.05, 0.1) is 19.2 Å². The van der Waals surface area contributed by atoms with Crippen LogP contribution in [0.2, 0.25) is 0 Å². The maximum atomic E-state index is 12.8. The molecule has 1 aromatic heterocycles. The molecule has 0 radical (unpaired) electrons. The molecule has 1 N–H and O–H groups in total. The van der Waals surface area contributed by atoms with Crippen molar-refractivity contribution in [2.24, 2.45) is 0 Å². The molecule has 0 fully saturated rings. The van der Waals surface area contributed by atoms with Crippen molar-refractivity contribution < 1.29 is 9.53 Å². The average Bonchev–Trinajstić information content (AvgIpc) is 2.62. The van der Waals surface area contributed by atoms with Crippen molar-refractivity contribution in [1.29, 1.82) is 0 Å². The van der Waals surface area contributed by atoms with Gasteiger partial charge in [0.15, 0.2) is 0 Å². The Hall–Kier alpha value is -2.56. The summed E-state index contributed by atoms with van der Waals surface area (Å²) < 4.78 is 5.43. The highest BCUT2D eigenvalue weighted by molar-refractivity contribution is 5.75. The number of nitrogens with one attached hydrogen (secondary N) is 1. The molecule has 0 aliphatic rings. The summed E-state index contributed by atoms with van der Waals surface area (Å²) in [5.41, 5.74) is 3.12. The van der Waals surface area contributed by atoms with Gasteiger partial charge in [-0.25, -0.2) is 4.79 Å². The SMILES string of the molecule is CCN(C(=O)NC(C)c1cc(C)ccc1OC)C(C)c1cccnc1. The van der Waals surface area contributed by atoms with Crippen LogP contribution in [-0.4, -0.2) is 29.6 Å². The van der Waals surface area contributed by atoms with Gasteiger partial charge in [0.1, 0.15) is 5.75 Å². The molecule has 2 unspecified atom stereocenters. The van der Waals surface area contributed by atoms with Crippen LogP contribution in [0.3, 0.4) is 0 Å². The second-order valence-corrected chi connectivity index (χ2v) is 6.16. The quantitative estimate of drug-likeness (QED) is 0.854. The Bertz CT molecular complexity index is 703. The number of carbonyl (C=O) groups is 1. The second-order valence-electron chi connectivity index (χ2n) is 6.16. The van der Waals surface area contributed by atoms with E-state index in [-0.39, 0.29) is 18.1 Å². The molecular formula is C20H27N3O2. The first-order chi connectivity index (χ1) is 12.0. The lowest BCUT2D eigenvalue weighted by atomic mass is 10.0. The first-order valence-corrected chi connectivity index (χ1v) is 8.59. The topological polar surface area (TPSA) is 54.5 Å². The molecule has 134 valence electrons. The summed E-state index contributed by atoms with van der Waals surface area (Å²) in [5.74, 6) is 0.779.